The Balaban J connectivity index is 1.98. The number of carbonyl (C=O) groups is 1. The number of hydrogen-bond donors (Lipinski definition) is 1. The monoisotopic (exact) mass is 308 g/mol. The van der Waals surface area contributed by atoms with Crippen LogP contribution in [0.2, 0.25) is 0 Å². The fourth-order valence-corrected chi connectivity index (χ4v) is 3.05. The van der Waals surface area contributed by atoms with Crippen molar-refractivity contribution in [3.8, 4) is 5.75 Å². The molecule has 1 aromatic heterocycles. The van der Waals surface area contributed by atoms with E-state index in [1.807, 2.05) is 25.8 Å². The van der Waals surface area contributed by atoms with Crippen molar-refractivity contribution in [1.82, 2.24) is 20.0 Å². The first-order valence-corrected chi connectivity index (χ1v) is 8.17. The van der Waals surface area contributed by atoms with Gasteiger partial charge < -0.3 is 15.0 Å². The van der Waals surface area contributed by atoms with Crippen LogP contribution in [-0.2, 0) is 11.8 Å². The predicted molar refractivity (Wildman–Crippen MR) is 86.1 cm³/mol. The van der Waals surface area contributed by atoms with Crippen LogP contribution in [0.4, 0.5) is 0 Å². The molecule has 1 aromatic rings. The van der Waals surface area contributed by atoms with Gasteiger partial charge in [0.15, 0.2) is 12.4 Å². The number of ether oxygens (including phenoxy) is 1. The molecule has 0 radical (unpaired) electrons. The summed E-state index contributed by atoms with van der Waals surface area (Å²) in [5.41, 5.74) is 1.78. The van der Waals surface area contributed by atoms with Gasteiger partial charge in [0.05, 0.1) is 5.69 Å². The van der Waals surface area contributed by atoms with Gasteiger partial charge in [0.25, 0.3) is 5.91 Å². The second-order valence-corrected chi connectivity index (χ2v) is 5.98. The smallest absolute Gasteiger partial charge is 0.260 e. The fraction of sp³-hybridized carbons (Fsp3) is 0.750. The number of carbonyl (C=O) groups excluding carboxylic acids is 1. The van der Waals surface area contributed by atoms with Crippen LogP contribution in [-0.4, -0.2) is 52.9 Å². The van der Waals surface area contributed by atoms with Crippen molar-refractivity contribution >= 4 is 5.91 Å². The van der Waals surface area contributed by atoms with E-state index in [1.165, 1.54) is 0 Å². The number of nitrogens with one attached hydrogen (secondary N) is 1. The van der Waals surface area contributed by atoms with E-state index >= 15 is 0 Å². The Morgan fingerprint density at radius 3 is 2.64 bits per heavy atom. The zero-order valence-electron chi connectivity index (χ0n) is 14.2. The molecule has 1 saturated heterocycles. The summed E-state index contributed by atoms with van der Waals surface area (Å²) in [5, 5.41) is 7.66. The Labute approximate surface area is 132 Å². The molecule has 1 N–H and O–H groups in total. The van der Waals surface area contributed by atoms with Crippen LogP contribution in [0.3, 0.4) is 0 Å². The molecule has 0 aliphatic carbocycles. The average molecular weight is 308 g/mol. The lowest BCUT2D eigenvalue weighted by atomic mass is 10.0. The van der Waals surface area contributed by atoms with Crippen molar-refractivity contribution in [2.45, 2.75) is 46.1 Å². The van der Waals surface area contributed by atoms with Crippen molar-refractivity contribution in [3.05, 3.63) is 11.4 Å². The Hall–Kier alpha value is -1.56. The summed E-state index contributed by atoms with van der Waals surface area (Å²) in [6.07, 6.45) is 3.02. The third-order valence-corrected chi connectivity index (χ3v) is 4.32. The maximum atomic E-state index is 12.6. The van der Waals surface area contributed by atoms with E-state index in [4.69, 9.17) is 4.74 Å². The van der Waals surface area contributed by atoms with Gasteiger partial charge in [-0.15, -0.1) is 0 Å². The first kappa shape index (κ1) is 16.8. The minimum Gasteiger partial charge on any atom is -0.480 e. The molecular formula is C16H28N4O2. The number of rotatable bonds is 6. The van der Waals surface area contributed by atoms with E-state index in [1.54, 1.807) is 4.68 Å². The minimum absolute atomic E-state index is 0.0800. The SMILES string of the molecule is CCCN(C(=O)COc1c(C)nn(C)c1C)C1CCNCC1. The van der Waals surface area contributed by atoms with Gasteiger partial charge in [-0.3, -0.25) is 9.48 Å². The highest BCUT2D eigenvalue weighted by atomic mass is 16.5. The average Bonchev–Trinajstić information content (AvgIpc) is 2.76. The molecule has 1 fully saturated rings. The Bertz CT molecular complexity index is 506. The number of hydrogen-bond acceptors (Lipinski definition) is 4. The van der Waals surface area contributed by atoms with Gasteiger partial charge in [0, 0.05) is 19.6 Å². The van der Waals surface area contributed by atoms with Gasteiger partial charge in [-0.2, -0.15) is 5.10 Å². The first-order valence-electron chi connectivity index (χ1n) is 8.17. The van der Waals surface area contributed by atoms with Gasteiger partial charge in [-0.25, -0.2) is 0 Å². The zero-order chi connectivity index (χ0) is 16.1. The second kappa shape index (κ2) is 7.63. The van der Waals surface area contributed by atoms with Crippen LogP contribution >= 0.6 is 0 Å². The highest BCUT2D eigenvalue weighted by Gasteiger charge is 2.25. The van der Waals surface area contributed by atoms with E-state index in [0.29, 0.717) is 6.04 Å². The van der Waals surface area contributed by atoms with Crippen LogP contribution in [0, 0.1) is 13.8 Å². The first-order chi connectivity index (χ1) is 10.5. The molecule has 6 nitrogen and oxygen atoms in total. The predicted octanol–water partition coefficient (Wildman–Crippen LogP) is 1.41. The van der Waals surface area contributed by atoms with Gasteiger partial charge >= 0.3 is 0 Å². The van der Waals surface area contributed by atoms with Gasteiger partial charge in [-0.05, 0) is 46.2 Å². The molecule has 1 aliphatic heterocycles. The van der Waals surface area contributed by atoms with Crippen LogP contribution in [0.15, 0.2) is 0 Å². The van der Waals surface area contributed by atoms with E-state index in [2.05, 4.69) is 17.3 Å². The lowest BCUT2D eigenvalue weighted by molar-refractivity contribution is -0.136. The molecule has 1 aliphatic rings. The molecule has 0 saturated carbocycles. The van der Waals surface area contributed by atoms with Crippen LogP contribution in [0.5, 0.6) is 5.75 Å². The normalized spacial score (nSPS) is 15.8. The third kappa shape index (κ3) is 3.80. The molecular weight excluding hydrogens is 280 g/mol. The Morgan fingerprint density at radius 2 is 2.09 bits per heavy atom. The molecule has 0 unspecified atom stereocenters. The van der Waals surface area contributed by atoms with Crippen molar-refractivity contribution in [2.75, 3.05) is 26.2 Å². The summed E-state index contributed by atoms with van der Waals surface area (Å²) in [5.74, 6) is 0.814. The summed E-state index contributed by atoms with van der Waals surface area (Å²) in [6.45, 7) is 8.84. The fourth-order valence-electron chi connectivity index (χ4n) is 3.05. The lowest BCUT2D eigenvalue weighted by Crippen LogP contribution is -2.48. The van der Waals surface area contributed by atoms with E-state index in [-0.39, 0.29) is 12.5 Å². The number of aryl methyl sites for hydroxylation is 2. The molecule has 2 rings (SSSR count). The molecule has 0 spiro atoms. The number of aromatic nitrogens is 2. The summed E-state index contributed by atoms with van der Waals surface area (Å²) < 4.78 is 7.56. The van der Waals surface area contributed by atoms with Gasteiger partial charge in [-0.1, -0.05) is 6.92 Å². The maximum Gasteiger partial charge on any atom is 0.260 e. The van der Waals surface area contributed by atoms with Crippen molar-refractivity contribution in [2.24, 2.45) is 7.05 Å². The largest absolute Gasteiger partial charge is 0.480 e. The van der Waals surface area contributed by atoms with Gasteiger partial charge in [0.1, 0.15) is 5.69 Å². The maximum absolute atomic E-state index is 12.6. The summed E-state index contributed by atoms with van der Waals surface area (Å²) >= 11 is 0. The third-order valence-electron chi connectivity index (χ3n) is 4.32. The zero-order valence-corrected chi connectivity index (χ0v) is 14.2. The minimum atomic E-state index is 0.0800. The highest BCUT2D eigenvalue weighted by Crippen LogP contribution is 2.21. The molecule has 124 valence electrons. The molecule has 0 bridgehead atoms. The molecule has 1 amide bonds. The second-order valence-electron chi connectivity index (χ2n) is 5.98. The molecule has 6 heteroatoms. The van der Waals surface area contributed by atoms with Crippen molar-refractivity contribution in [1.29, 1.82) is 0 Å². The Morgan fingerprint density at radius 1 is 1.41 bits per heavy atom. The van der Waals surface area contributed by atoms with Crippen LogP contribution in [0.1, 0.15) is 37.6 Å². The summed E-state index contributed by atoms with van der Waals surface area (Å²) in [4.78, 5) is 14.6. The quantitative estimate of drug-likeness (QED) is 0.863. The molecule has 22 heavy (non-hydrogen) atoms. The number of amides is 1. The summed E-state index contributed by atoms with van der Waals surface area (Å²) in [6, 6.07) is 0.341. The molecule has 2 heterocycles. The molecule has 0 atom stereocenters. The highest BCUT2D eigenvalue weighted by molar-refractivity contribution is 5.78. The standard InChI is InChI=1S/C16H28N4O2/c1-5-10-20(14-6-8-17-9-7-14)15(21)11-22-16-12(2)18-19(4)13(16)3/h14,17H,5-11H2,1-4H3. The van der Waals surface area contributed by atoms with Gasteiger partial charge in [0.2, 0.25) is 0 Å². The van der Waals surface area contributed by atoms with Crippen molar-refractivity contribution < 1.29 is 9.53 Å². The summed E-state index contributed by atoms with van der Waals surface area (Å²) in [7, 11) is 1.88. The lowest BCUT2D eigenvalue weighted by Gasteiger charge is -2.34. The number of nitrogens with zero attached hydrogens (tertiary/aromatic N) is 3. The van der Waals surface area contributed by atoms with Crippen LogP contribution < -0.4 is 10.1 Å². The van der Waals surface area contributed by atoms with Crippen molar-refractivity contribution in [3.63, 3.8) is 0 Å². The number of piperidine rings is 1. The topological polar surface area (TPSA) is 59.4 Å². The van der Waals surface area contributed by atoms with Crippen LogP contribution in [0.25, 0.3) is 0 Å². The molecule has 0 aromatic carbocycles. The van der Waals surface area contributed by atoms with E-state index < -0.39 is 0 Å². The Kier molecular flexibility index (Phi) is 5.83. The van der Waals surface area contributed by atoms with E-state index in [9.17, 15) is 4.79 Å². The van der Waals surface area contributed by atoms with E-state index in [0.717, 1.165) is 56.0 Å².